The van der Waals surface area contributed by atoms with Crippen LogP contribution in [0.1, 0.15) is 31.2 Å². The van der Waals surface area contributed by atoms with Crippen molar-refractivity contribution in [2.75, 3.05) is 19.1 Å². The van der Waals surface area contributed by atoms with Crippen LogP contribution in [0.2, 0.25) is 0 Å². The van der Waals surface area contributed by atoms with E-state index in [1.165, 1.54) is 18.3 Å². The molecule has 244 valence electrons. The molecule has 1 aliphatic carbocycles. The minimum absolute atomic E-state index is 0.0265. The number of hydrogen-bond acceptors (Lipinski definition) is 9. The standard InChI is InChI=1S/C31H39N3O9S2/c1-43-23-13-14-24(31(37)38)22(17-23)18-27(35)25(16-20-8-4-3-5-9-20)33-30(36)26(34-44(2,39)40)19-45(41,42)28-12-6-10-21-11-7-15-32-29(21)28/h3-12,15,22-27,34-35H,13-14,16-19H2,1-2H3,(H,33,36)(H,37,38). The van der Waals surface area contributed by atoms with Gasteiger partial charge in [-0.05, 0) is 55.7 Å². The van der Waals surface area contributed by atoms with Crippen LogP contribution in [0.3, 0.4) is 0 Å². The lowest BCUT2D eigenvalue weighted by Gasteiger charge is -2.36. The van der Waals surface area contributed by atoms with Crippen LogP contribution in [-0.4, -0.2) is 87.3 Å². The summed E-state index contributed by atoms with van der Waals surface area (Å²) in [6.07, 6.45) is 2.35. The summed E-state index contributed by atoms with van der Waals surface area (Å²) < 4.78 is 59.4. The number of sulfonamides is 1. The normalized spacial score (nSPS) is 21.1. The molecule has 12 nitrogen and oxygen atoms in total. The van der Waals surface area contributed by atoms with Crippen LogP contribution >= 0.6 is 0 Å². The highest BCUT2D eigenvalue weighted by Gasteiger charge is 2.39. The first-order valence-electron chi connectivity index (χ1n) is 14.6. The summed E-state index contributed by atoms with van der Waals surface area (Å²) in [6.45, 7) is 0. The molecule has 0 spiro atoms. The van der Waals surface area contributed by atoms with E-state index in [9.17, 15) is 36.6 Å². The predicted octanol–water partition coefficient (Wildman–Crippen LogP) is 1.92. The van der Waals surface area contributed by atoms with E-state index < -0.39 is 67.5 Å². The van der Waals surface area contributed by atoms with Crippen LogP contribution < -0.4 is 10.0 Å². The Balaban J connectivity index is 1.62. The number of aliphatic hydroxyl groups is 1. The Hall–Kier alpha value is -3.43. The van der Waals surface area contributed by atoms with Gasteiger partial charge in [-0.15, -0.1) is 0 Å². The summed E-state index contributed by atoms with van der Waals surface area (Å²) in [5.74, 6) is -4.00. The van der Waals surface area contributed by atoms with E-state index in [2.05, 4.69) is 15.0 Å². The molecule has 6 unspecified atom stereocenters. The molecular weight excluding hydrogens is 622 g/mol. The van der Waals surface area contributed by atoms with Crippen LogP contribution in [0.15, 0.2) is 71.8 Å². The number of sulfone groups is 1. The van der Waals surface area contributed by atoms with E-state index in [0.717, 1.165) is 11.8 Å². The van der Waals surface area contributed by atoms with E-state index in [-0.39, 0.29) is 29.4 Å². The first-order valence-corrected chi connectivity index (χ1v) is 18.1. The molecule has 1 fully saturated rings. The third-order valence-electron chi connectivity index (χ3n) is 8.21. The van der Waals surface area contributed by atoms with Crippen molar-refractivity contribution < 1.29 is 41.4 Å². The summed E-state index contributed by atoms with van der Waals surface area (Å²) in [5.41, 5.74) is 0.933. The minimum atomic E-state index is -4.26. The summed E-state index contributed by atoms with van der Waals surface area (Å²) in [7, 11) is -6.77. The summed E-state index contributed by atoms with van der Waals surface area (Å²) >= 11 is 0. The number of nitrogens with one attached hydrogen (secondary N) is 2. The van der Waals surface area contributed by atoms with Gasteiger partial charge >= 0.3 is 5.97 Å². The fraction of sp³-hybridized carbons (Fsp3) is 0.452. The zero-order chi connectivity index (χ0) is 32.8. The Morgan fingerprint density at radius 1 is 1.02 bits per heavy atom. The molecule has 6 atom stereocenters. The van der Waals surface area contributed by atoms with Crippen molar-refractivity contribution in [1.29, 1.82) is 0 Å². The van der Waals surface area contributed by atoms with Gasteiger partial charge in [0.15, 0.2) is 9.84 Å². The summed E-state index contributed by atoms with van der Waals surface area (Å²) in [5, 5.41) is 24.5. The lowest BCUT2D eigenvalue weighted by atomic mass is 9.74. The molecule has 1 aliphatic rings. The Kier molecular flexibility index (Phi) is 11.3. The number of aliphatic carboxylic acids is 1. The number of aromatic nitrogens is 1. The van der Waals surface area contributed by atoms with Gasteiger partial charge in [0, 0.05) is 18.7 Å². The highest BCUT2D eigenvalue weighted by atomic mass is 32.2. The molecule has 4 N–H and O–H groups in total. The number of nitrogens with zero attached hydrogens (tertiary/aromatic N) is 1. The molecule has 0 radical (unpaired) electrons. The fourth-order valence-electron chi connectivity index (χ4n) is 5.99. The molecule has 2 aromatic carbocycles. The molecule has 1 amide bonds. The van der Waals surface area contributed by atoms with Crippen molar-refractivity contribution in [3.05, 3.63) is 72.4 Å². The van der Waals surface area contributed by atoms with Gasteiger partial charge in [0.25, 0.3) is 0 Å². The zero-order valence-electron chi connectivity index (χ0n) is 25.1. The topological polar surface area (TPSA) is 189 Å². The van der Waals surface area contributed by atoms with E-state index in [1.807, 2.05) is 0 Å². The Bertz CT molecular complexity index is 1700. The largest absolute Gasteiger partial charge is 0.481 e. The molecule has 0 aliphatic heterocycles. The molecule has 0 saturated heterocycles. The number of hydrogen-bond donors (Lipinski definition) is 4. The smallest absolute Gasteiger partial charge is 0.306 e. The van der Waals surface area contributed by atoms with Gasteiger partial charge in [-0.3, -0.25) is 14.6 Å². The SMILES string of the molecule is COC1CCC(C(=O)O)C(CC(O)C(Cc2ccccc2)NC(=O)C(CS(=O)(=O)c2cccc3cccnc23)NS(C)(=O)=O)C1. The monoisotopic (exact) mass is 661 g/mol. The first kappa shape index (κ1) is 34.4. The van der Waals surface area contributed by atoms with Crippen LogP contribution in [0.5, 0.6) is 0 Å². The molecule has 1 saturated carbocycles. The van der Waals surface area contributed by atoms with Crippen molar-refractivity contribution in [2.24, 2.45) is 11.8 Å². The van der Waals surface area contributed by atoms with E-state index in [1.54, 1.807) is 55.6 Å². The van der Waals surface area contributed by atoms with Crippen LogP contribution in [0.4, 0.5) is 0 Å². The average Bonchev–Trinajstić information content (AvgIpc) is 2.99. The van der Waals surface area contributed by atoms with Crippen molar-refractivity contribution in [1.82, 2.24) is 15.0 Å². The molecule has 45 heavy (non-hydrogen) atoms. The molecule has 14 heteroatoms. The van der Waals surface area contributed by atoms with E-state index >= 15 is 0 Å². The Morgan fingerprint density at radius 2 is 1.73 bits per heavy atom. The number of benzene rings is 2. The van der Waals surface area contributed by atoms with Crippen molar-refractivity contribution in [3.8, 4) is 0 Å². The molecule has 1 heterocycles. The molecule has 3 aromatic rings. The maximum absolute atomic E-state index is 13.7. The number of aliphatic hydroxyl groups excluding tert-OH is 1. The number of fused-ring (bicyclic) bond motifs is 1. The van der Waals surface area contributed by atoms with Crippen LogP contribution in [0.25, 0.3) is 10.9 Å². The minimum Gasteiger partial charge on any atom is -0.481 e. The summed E-state index contributed by atoms with van der Waals surface area (Å²) in [6, 6.07) is 14.1. The van der Waals surface area contributed by atoms with Gasteiger partial charge in [-0.2, -0.15) is 0 Å². The zero-order valence-corrected chi connectivity index (χ0v) is 26.7. The highest BCUT2D eigenvalue weighted by molar-refractivity contribution is 7.92. The van der Waals surface area contributed by atoms with Gasteiger partial charge in [0.05, 0.1) is 46.6 Å². The predicted molar refractivity (Wildman–Crippen MR) is 168 cm³/mol. The maximum Gasteiger partial charge on any atom is 0.306 e. The number of rotatable bonds is 14. The quantitative estimate of drug-likeness (QED) is 0.199. The summed E-state index contributed by atoms with van der Waals surface area (Å²) in [4.78, 5) is 29.8. The lowest BCUT2D eigenvalue weighted by molar-refractivity contribution is -0.147. The number of carboxylic acids is 1. The van der Waals surface area contributed by atoms with Crippen molar-refractivity contribution in [3.63, 3.8) is 0 Å². The number of carbonyl (C=O) groups excluding carboxylic acids is 1. The third-order valence-corrected chi connectivity index (χ3v) is 10.7. The van der Waals surface area contributed by atoms with Gasteiger partial charge in [0.2, 0.25) is 15.9 Å². The lowest BCUT2D eigenvalue weighted by Crippen LogP contribution is -2.55. The van der Waals surface area contributed by atoms with E-state index in [4.69, 9.17) is 4.74 Å². The maximum atomic E-state index is 13.7. The second kappa shape index (κ2) is 14.8. The molecule has 1 aromatic heterocycles. The number of pyridine rings is 1. The second-order valence-electron chi connectivity index (χ2n) is 11.5. The van der Waals surface area contributed by atoms with Crippen LogP contribution in [0, 0.1) is 11.8 Å². The van der Waals surface area contributed by atoms with Gasteiger partial charge in [0.1, 0.15) is 6.04 Å². The van der Waals surface area contributed by atoms with E-state index in [0.29, 0.717) is 24.6 Å². The Labute approximate surface area is 263 Å². The average molecular weight is 662 g/mol. The van der Waals surface area contributed by atoms with Crippen molar-refractivity contribution in [2.45, 2.75) is 61.3 Å². The van der Waals surface area contributed by atoms with Gasteiger partial charge in [-0.1, -0.05) is 48.5 Å². The first-order chi connectivity index (χ1) is 21.3. The number of carbonyl (C=O) groups is 2. The number of para-hydroxylation sites is 1. The van der Waals surface area contributed by atoms with Gasteiger partial charge < -0.3 is 20.3 Å². The molecular formula is C31H39N3O9S2. The fourth-order valence-corrected chi connectivity index (χ4v) is 8.40. The molecule has 4 rings (SSSR count). The number of methoxy groups -OCH3 is 1. The van der Waals surface area contributed by atoms with Gasteiger partial charge in [-0.25, -0.2) is 21.6 Å². The number of carboxylic acid groups (broad SMARTS) is 1. The molecule has 0 bridgehead atoms. The Morgan fingerprint density at radius 3 is 2.40 bits per heavy atom. The number of ether oxygens (including phenoxy) is 1. The van der Waals surface area contributed by atoms with Crippen LogP contribution in [-0.2, 0) is 40.6 Å². The third kappa shape index (κ3) is 9.30. The van der Waals surface area contributed by atoms with Crippen molar-refractivity contribution >= 4 is 42.6 Å². The highest BCUT2D eigenvalue weighted by Crippen LogP contribution is 2.35. The second-order valence-corrected chi connectivity index (χ2v) is 15.3. The number of amides is 1.